The van der Waals surface area contributed by atoms with E-state index in [0.717, 1.165) is 6.07 Å². The van der Waals surface area contributed by atoms with E-state index in [-0.39, 0.29) is 48.2 Å². The highest BCUT2D eigenvalue weighted by molar-refractivity contribution is 5.94. The second kappa shape index (κ2) is 9.73. The maximum absolute atomic E-state index is 13.8. The van der Waals surface area contributed by atoms with Gasteiger partial charge in [-0.05, 0) is 26.3 Å². The van der Waals surface area contributed by atoms with Gasteiger partial charge in [-0.1, -0.05) is 6.07 Å². The smallest absolute Gasteiger partial charge is 0.279 e. The molecule has 3 rings (SSSR count). The zero-order valence-electron chi connectivity index (χ0n) is 17.6. The number of hydrogen-bond acceptors (Lipinski definition) is 5. The number of nitrogens with zero attached hydrogens (tertiary/aromatic N) is 2. The summed E-state index contributed by atoms with van der Waals surface area (Å²) in [6, 6.07) is 2.63. The van der Waals surface area contributed by atoms with Crippen LogP contribution >= 0.6 is 0 Å². The lowest BCUT2D eigenvalue weighted by molar-refractivity contribution is 0.0948. The molecule has 0 saturated heterocycles. The first kappa shape index (κ1) is 23.1. The van der Waals surface area contributed by atoms with Crippen LogP contribution in [0.25, 0.3) is 5.52 Å². The average molecular weight is 447 g/mol. The molecule has 0 aliphatic carbocycles. The van der Waals surface area contributed by atoms with E-state index in [2.05, 4.69) is 5.32 Å². The van der Waals surface area contributed by atoms with E-state index in [1.54, 1.807) is 13.8 Å². The highest BCUT2D eigenvalue weighted by atomic mass is 19.1. The SMILES string of the molecule is CCOc1c(=O)c(C(=O)NCc2ccc(F)cc2F)cn2ccn([C@H](C)CCO)c(=O)c12. The lowest BCUT2D eigenvalue weighted by Crippen LogP contribution is -2.32. The molecule has 0 radical (unpaired) electrons. The van der Waals surface area contributed by atoms with Crippen molar-refractivity contribution in [2.24, 2.45) is 0 Å². The van der Waals surface area contributed by atoms with Crippen molar-refractivity contribution in [1.29, 1.82) is 0 Å². The summed E-state index contributed by atoms with van der Waals surface area (Å²) >= 11 is 0. The van der Waals surface area contributed by atoms with Crippen molar-refractivity contribution in [3.05, 3.63) is 80.1 Å². The molecule has 1 atom stereocenters. The monoisotopic (exact) mass is 447 g/mol. The molecule has 2 heterocycles. The van der Waals surface area contributed by atoms with Crippen LogP contribution in [0.2, 0.25) is 0 Å². The predicted molar refractivity (Wildman–Crippen MR) is 113 cm³/mol. The first-order valence-corrected chi connectivity index (χ1v) is 10.0. The number of aliphatic hydroxyl groups is 1. The van der Waals surface area contributed by atoms with E-state index < -0.39 is 28.5 Å². The molecule has 0 fully saturated rings. The Morgan fingerprint density at radius 3 is 2.66 bits per heavy atom. The molecule has 10 heteroatoms. The number of benzene rings is 1. The predicted octanol–water partition coefficient (Wildman–Crippen LogP) is 2.01. The Balaban J connectivity index is 2.03. The standard InChI is InChI=1S/C22H23F2N3O5/c1-3-32-20-18-22(31)27(13(2)6-9-28)8-7-26(18)12-16(19(20)29)21(30)25-11-14-4-5-15(23)10-17(14)24/h4-5,7-8,10,12-13,28H,3,6,9,11H2,1-2H3,(H,25,30)/t13-/m1/s1. The number of carbonyl (C=O) groups excluding carboxylic acids is 1. The van der Waals surface area contributed by atoms with Gasteiger partial charge in [0.05, 0.1) is 6.61 Å². The Labute approximate surface area is 181 Å². The Morgan fingerprint density at radius 1 is 1.25 bits per heavy atom. The van der Waals surface area contributed by atoms with Gasteiger partial charge in [0.15, 0.2) is 11.3 Å². The van der Waals surface area contributed by atoms with Crippen molar-refractivity contribution >= 4 is 11.4 Å². The van der Waals surface area contributed by atoms with Crippen molar-refractivity contribution in [3.63, 3.8) is 0 Å². The highest BCUT2D eigenvalue weighted by Gasteiger charge is 2.21. The molecular formula is C22H23F2N3O5. The van der Waals surface area contributed by atoms with Crippen LogP contribution in [-0.2, 0) is 6.54 Å². The Hall–Kier alpha value is -3.53. The normalized spacial score (nSPS) is 12.0. The minimum atomic E-state index is -0.826. The van der Waals surface area contributed by atoms with E-state index in [0.29, 0.717) is 12.5 Å². The second-order valence-corrected chi connectivity index (χ2v) is 7.18. The number of aromatic nitrogens is 2. The van der Waals surface area contributed by atoms with Crippen LogP contribution in [0.4, 0.5) is 8.78 Å². The number of carbonyl (C=O) groups is 1. The zero-order chi connectivity index (χ0) is 23.4. The molecule has 0 aliphatic heterocycles. The van der Waals surface area contributed by atoms with Crippen molar-refractivity contribution < 1.29 is 23.4 Å². The molecule has 3 aromatic rings. The molecule has 1 aromatic carbocycles. The average Bonchev–Trinajstić information content (AvgIpc) is 2.75. The van der Waals surface area contributed by atoms with Crippen LogP contribution in [0.3, 0.4) is 0 Å². The number of halogens is 2. The molecule has 0 aliphatic rings. The van der Waals surface area contributed by atoms with E-state index in [9.17, 15) is 23.2 Å². The van der Waals surface area contributed by atoms with Gasteiger partial charge in [-0.25, -0.2) is 8.78 Å². The third kappa shape index (κ3) is 4.54. The quantitative estimate of drug-likeness (QED) is 0.550. The van der Waals surface area contributed by atoms with Crippen LogP contribution in [0, 0.1) is 11.6 Å². The largest absolute Gasteiger partial charge is 0.488 e. The number of pyridine rings is 1. The van der Waals surface area contributed by atoms with Gasteiger partial charge in [0, 0.05) is 49.4 Å². The van der Waals surface area contributed by atoms with Gasteiger partial charge < -0.3 is 24.1 Å². The number of amides is 1. The summed E-state index contributed by atoms with van der Waals surface area (Å²) in [6.45, 7) is 3.09. The fourth-order valence-corrected chi connectivity index (χ4v) is 3.32. The van der Waals surface area contributed by atoms with E-state index >= 15 is 0 Å². The minimum absolute atomic E-state index is 0.0368. The third-order valence-electron chi connectivity index (χ3n) is 5.03. The summed E-state index contributed by atoms with van der Waals surface area (Å²) in [4.78, 5) is 38.7. The fourth-order valence-electron chi connectivity index (χ4n) is 3.32. The fraction of sp³-hybridized carbons (Fsp3) is 0.318. The first-order valence-electron chi connectivity index (χ1n) is 10.0. The number of fused-ring (bicyclic) bond motifs is 1. The van der Waals surface area contributed by atoms with Crippen LogP contribution < -0.4 is 21.0 Å². The van der Waals surface area contributed by atoms with Gasteiger partial charge in [0.2, 0.25) is 5.43 Å². The van der Waals surface area contributed by atoms with Gasteiger partial charge in [0.1, 0.15) is 17.2 Å². The van der Waals surface area contributed by atoms with Gasteiger partial charge in [-0.15, -0.1) is 0 Å². The summed E-state index contributed by atoms with van der Waals surface area (Å²) in [5.41, 5.74) is -1.58. The third-order valence-corrected chi connectivity index (χ3v) is 5.03. The first-order chi connectivity index (χ1) is 15.3. The summed E-state index contributed by atoms with van der Waals surface area (Å²) in [7, 11) is 0. The maximum atomic E-state index is 13.8. The molecule has 1 amide bonds. The van der Waals surface area contributed by atoms with E-state index in [1.807, 2.05) is 0 Å². The second-order valence-electron chi connectivity index (χ2n) is 7.18. The Morgan fingerprint density at radius 2 is 2.00 bits per heavy atom. The lowest BCUT2D eigenvalue weighted by Gasteiger charge is -2.17. The molecule has 32 heavy (non-hydrogen) atoms. The summed E-state index contributed by atoms with van der Waals surface area (Å²) < 4.78 is 35.0. The number of rotatable bonds is 8. The summed E-state index contributed by atoms with van der Waals surface area (Å²) in [5, 5.41) is 11.6. The molecule has 2 aromatic heterocycles. The molecule has 0 spiro atoms. The van der Waals surface area contributed by atoms with Gasteiger partial charge in [-0.2, -0.15) is 0 Å². The molecule has 8 nitrogen and oxygen atoms in total. The van der Waals surface area contributed by atoms with Gasteiger partial charge >= 0.3 is 0 Å². The Kier molecular flexibility index (Phi) is 7.04. The Bertz CT molecular complexity index is 1270. The topological polar surface area (TPSA) is 102 Å². The molecular weight excluding hydrogens is 424 g/mol. The number of nitrogens with one attached hydrogen (secondary N) is 1. The lowest BCUT2D eigenvalue weighted by atomic mass is 10.1. The molecule has 170 valence electrons. The van der Waals surface area contributed by atoms with E-state index in [1.165, 1.54) is 33.6 Å². The van der Waals surface area contributed by atoms with Crippen molar-refractivity contribution in [3.8, 4) is 5.75 Å². The van der Waals surface area contributed by atoms with Gasteiger partial charge in [-0.3, -0.25) is 14.4 Å². The number of ether oxygens (including phenoxy) is 1. The minimum Gasteiger partial charge on any atom is -0.488 e. The van der Waals surface area contributed by atoms with Crippen LogP contribution in [0.15, 0.2) is 46.4 Å². The van der Waals surface area contributed by atoms with Crippen molar-refractivity contribution in [2.75, 3.05) is 13.2 Å². The maximum Gasteiger partial charge on any atom is 0.279 e. The van der Waals surface area contributed by atoms with Crippen molar-refractivity contribution in [1.82, 2.24) is 14.3 Å². The summed E-state index contributed by atoms with van der Waals surface area (Å²) in [5.74, 6) is -2.64. The molecule has 0 bridgehead atoms. The van der Waals surface area contributed by atoms with Gasteiger partial charge in [0.25, 0.3) is 11.5 Å². The molecule has 2 N–H and O–H groups in total. The number of aliphatic hydroxyl groups excluding tert-OH is 1. The van der Waals surface area contributed by atoms with E-state index in [4.69, 9.17) is 9.84 Å². The van der Waals surface area contributed by atoms with Crippen LogP contribution in [0.1, 0.15) is 42.2 Å². The highest BCUT2D eigenvalue weighted by Crippen LogP contribution is 2.16. The van der Waals surface area contributed by atoms with Crippen molar-refractivity contribution in [2.45, 2.75) is 32.9 Å². The van der Waals surface area contributed by atoms with Crippen LogP contribution in [0.5, 0.6) is 5.75 Å². The molecule has 0 saturated carbocycles. The molecule has 0 unspecified atom stereocenters. The van der Waals surface area contributed by atoms with Crippen LogP contribution in [-0.4, -0.2) is 33.2 Å². The number of hydrogen-bond donors (Lipinski definition) is 2. The zero-order valence-corrected chi connectivity index (χ0v) is 17.6. The summed E-state index contributed by atoms with van der Waals surface area (Å²) in [6.07, 6.45) is 4.54.